The normalized spacial score (nSPS) is 22.8. The van der Waals surface area contributed by atoms with Gasteiger partial charge in [0.2, 0.25) is 5.91 Å². The van der Waals surface area contributed by atoms with Gasteiger partial charge in [0.1, 0.15) is 0 Å². The highest BCUT2D eigenvalue weighted by atomic mass is 16.2. The second-order valence-corrected chi connectivity index (χ2v) is 4.14. The van der Waals surface area contributed by atoms with Gasteiger partial charge in [0.25, 0.3) is 0 Å². The number of nitrogens with zero attached hydrogens (tertiary/aromatic N) is 2. The number of carbonyl (C=O) groups is 1. The van der Waals surface area contributed by atoms with Crippen LogP contribution in [0.4, 0.5) is 0 Å². The van der Waals surface area contributed by atoms with E-state index in [4.69, 9.17) is 0 Å². The zero-order chi connectivity index (χ0) is 9.84. The van der Waals surface area contributed by atoms with Gasteiger partial charge in [-0.15, -0.1) is 0 Å². The van der Waals surface area contributed by atoms with E-state index in [1.54, 1.807) is 0 Å². The van der Waals surface area contributed by atoms with Gasteiger partial charge in [0, 0.05) is 13.1 Å². The lowest BCUT2D eigenvalue weighted by Crippen LogP contribution is -2.36. The van der Waals surface area contributed by atoms with Gasteiger partial charge in [-0.1, -0.05) is 13.3 Å². The van der Waals surface area contributed by atoms with Crippen molar-refractivity contribution in [3.63, 3.8) is 0 Å². The van der Waals surface area contributed by atoms with Gasteiger partial charge in [-0.05, 0) is 26.4 Å². The van der Waals surface area contributed by atoms with Crippen LogP contribution in [0.15, 0.2) is 0 Å². The molecule has 0 bridgehead atoms. The van der Waals surface area contributed by atoms with Gasteiger partial charge in [-0.25, -0.2) is 0 Å². The molecule has 0 saturated carbocycles. The van der Waals surface area contributed by atoms with Gasteiger partial charge in [-0.3, -0.25) is 4.79 Å². The molecule has 0 aliphatic carbocycles. The molecule has 3 heteroatoms. The molecule has 13 heavy (non-hydrogen) atoms. The van der Waals surface area contributed by atoms with Crippen molar-refractivity contribution >= 4 is 5.91 Å². The lowest BCUT2D eigenvalue weighted by Gasteiger charge is -2.18. The molecular weight excluding hydrogens is 164 g/mol. The highest BCUT2D eigenvalue weighted by Crippen LogP contribution is 2.18. The molecule has 0 spiro atoms. The third-order valence-corrected chi connectivity index (χ3v) is 2.67. The van der Waals surface area contributed by atoms with Crippen molar-refractivity contribution in [2.24, 2.45) is 5.92 Å². The summed E-state index contributed by atoms with van der Waals surface area (Å²) in [4.78, 5) is 15.5. The fourth-order valence-corrected chi connectivity index (χ4v) is 1.76. The van der Waals surface area contributed by atoms with Crippen LogP contribution in [-0.2, 0) is 4.79 Å². The molecular formula is C10H20N2O. The highest BCUT2D eigenvalue weighted by Gasteiger charge is 2.24. The maximum atomic E-state index is 11.6. The van der Waals surface area contributed by atoms with Gasteiger partial charge in [-0.2, -0.15) is 0 Å². The monoisotopic (exact) mass is 184 g/mol. The predicted molar refractivity (Wildman–Crippen MR) is 53.5 cm³/mol. The van der Waals surface area contributed by atoms with Crippen molar-refractivity contribution in [3.8, 4) is 0 Å². The van der Waals surface area contributed by atoms with E-state index in [1.165, 1.54) is 12.8 Å². The van der Waals surface area contributed by atoms with E-state index >= 15 is 0 Å². The Bertz CT molecular complexity index is 180. The Morgan fingerprint density at radius 1 is 1.54 bits per heavy atom. The van der Waals surface area contributed by atoms with E-state index in [9.17, 15) is 4.79 Å². The first kappa shape index (κ1) is 10.5. The zero-order valence-electron chi connectivity index (χ0n) is 8.92. The summed E-state index contributed by atoms with van der Waals surface area (Å²) in [6.45, 7) is 4.69. The van der Waals surface area contributed by atoms with Crippen molar-refractivity contribution < 1.29 is 4.79 Å². The smallest absolute Gasteiger partial charge is 0.236 e. The van der Waals surface area contributed by atoms with Crippen LogP contribution in [0.5, 0.6) is 0 Å². The Balaban J connectivity index is 2.33. The summed E-state index contributed by atoms with van der Waals surface area (Å²) in [6.07, 6.45) is 2.39. The Hall–Kier alpha value is -0.570. The lowest BCUT2D eigenvalue weighted by atomic mass is 10.1. The van der Waals surface area contributed by atoms with E-state index in [-0.39, 0.29) is 5.91 Å². The number of rotatable bonds is 3. The third kappa shape index (κ3) is 2.99. The fourth-order valence-electron chi connectivity index (χ4n) is 1.76. The number of likely N-dealkylation sites (tertiary alicyclic amines) is 1. The number of carbonyl (C=O) groups excluding carboxylic acids is 1. The Morgan fingerprint density at radius 2 is 2.23 bits per heavy atom. The van der Waals surface area contributed by atoms with Gasteiger partial charge in [0.15, 0.2) is 0 Å². The molecule has 1 amide bonds. The third-order valence-electron chi connectivity index (χ3n) is 2.67. The zero-order valence-corrected chi connectivity index (χ0v) is 8.92. The summed E-state index contributed by atoms with van der Waals surface area (Å²) in [7, 11) is 3.87. The molecule has 1 aliphatic heterocycles. The average Bonchev–Trinajstić information content (AvgIpc) is 2.50. The van der Waals surface area contributed by atoms with Crippen molar-refractivity contribution in [1.82, 2.24) is 9.80 Å². The molecule has 1 aliphatic rings. The van der Waals surface area contributed by atoms with Crippen molar-refractivity contribution in [2.45, 2.75) is 19.8 Å². The molecule has 1 rings (SSSR count). The van der Waals surface area contributed by atoms with Gasteiger partial charge in [0.05, 0.1) is 6.54 Å². The SMILES string of the molecule is CC[C@H]1CCN(C(=O)CN(C)C)C1. The molecule has 0 aromatic heterocycles. The molecule has 0 aromatic carbocycles. The lowest BCUT2D eigenvalue weighted by molar-refractivity contribution is -0.130. The second-order valence-electron chi connectivity index (χ2n) is 4.14. The fraction of sp³-hybridized carbons (Fsp3) is 0.900. The van der Waals surface area contributed by atoms with Crippen LogP contribution in [-0.4, -0.2) is 49.4 Å². The van der Waals surface area contributed by atoms with Crippen LogP contribution in [0.25, 0.3) is 0 Å². The van der Waals surface area contributed by atoms with Gasteiger partial charge >= 0.3 is 0 Å². The topological polar surface area (TPSA) is 23.6 Å². The summed E-state index contributed by atoms with van der Waals surface area (Å²) in [5.41, 5.74) is 0. The van der Waals surface area contributed by atoms with Crippen molar-refractivity contribution in [2.75, 3.05) is 33.7 Å². The maximum absolute atomic E-state index is 11.6. The number of likely N-dealkylation sites (N-methyl/N-ethyl adjacent to an activating group) is 1. The second kappa shape index (κ2) is 4.61. The highest BCUT2D eigenvalue weighted by molar-refractivity contribution is 5.78. The largest absolute Gasteiger partial charge is 0.341 e. The Labute approximate surface area is 80.7 Å². The summed E-state index contributed by atoms with van der Waals surface area (Å²) in [6, 6.07) is 0. The first-order valence-electron chi connectivity index (χ1n) is 5.06. The Morgan fingerprint density at radius 3 is 2.69 bits per heavy atom. The van der Waals surface area contributed by atoms with Crippen LogP contribution >= 0.6 is 0 Å². The molecule has 0 unspecified atom stereocenters. The standard InChI is InChI=1S/C10H20N2O/c1-4-9-5-6-12(7-9)10(13)8-11(2)3/h9H,4-8H2,1-3H3/t9-/m0/s1. The summed E-state index contributed by atoms with van der Waals surface area (Å²) >= 11 is 0. The van der Waals surface area contributed by atoms with Crippen LogP contribution in [0.1, 0.15) is 19.8 Å². The van der Waals surface area contributed by atoms with Crippen LogP contribution in [0.3, 0.4) is 0 Å². The van der Waals surface area contributed by atoms with Crippen LogP contribution in [0, 0.1) is 5.92 Å². The molecule has 1 atom stereocenters. The molecule has 1 heterocycles. The van der Waals surface area contributed by atoms with Crippen LogP contribution in [0.2, 0.25) is 0 Å². The van der Waals surface area contributed by atoms with Gasteiger partial charge < -0.3 is 9.80 Å². The average molecular weight is 184 g/mol. The summed E-state index contributed by atoms with van der Waals surface area (Å²) < 4.78 is 0. The molecule has 0 aromatic rings. The summed E-state index contributed by atoms with van der Waals surface area (Å²) in [5, 5.41) is 0. The molecule has 0 radical (unpaired) electrons. The maximum Gasteiger partial charge on any atom is 0.236 e. The van der Waals surface area contributed by atoms with Crippen molar-refractivity contribution in [1.29, 1.82) is 0 Å². The molecule has 1 saturated heterocycles. The minimum atomic E-state index is 0.279. The first-order valence-corrected chi connectivity index (χ1v) is 5.06. The number of hydrogen-bond acceptors (Lipinski definition) is 2. The van der Waals surface area contributed by atoms with E-state index in [1.807, 2.05) is 23.9 Å². The molecule has 0 N–H and O–H groups in total. The van der Waals surface area contributed by atoms with Crippen LogP contribution < -0.4 is 0 Å². The minimum Gasteiger partial charge on any atom is -0.341 e. The van der Waals surface area contributed by atoms with E-state index in [2.05, 4.69) is 6.92 Å². The molecule has 76 valence electrons. The predicted octanol–water partition coefficient (Wildman–Crippen LogP) is 0.806. The minimum absolute atomic E-state index is 0.279. The van der Waals surface area contributed by atoms with E-state index in [0.29, 0.717) is 6.54 Å². The number of amides is 1. The van der Waals surface area contributed by atoms with Crippen molar-refractivity contribution in [3.05, 3.63) is 0 Å². The molecule has 3 nitrogen and oxygen atoms in total. The van der Waals surface area contributed by atoms with E-state index < -0.39 is 0 Å². The quantitative estimate of drug-likeness (QED) is 0.648. The van der Waals surface area contributed by atoms with E-state index in [0.717, 1.165) is 19.0 Å². The Kier molecular flexibility index (Phi) is 3.72. The summed E-state index contributed by atoms with van der Waals surface area (Å²) in [5.74, 6) is 1.02. The number of hydrogen-bond donors (Lipinski definition) is 0. The molecule has 1 fully saturated rings. The first-order chi connectivity index (χ1) is 6.13.